The molecular formula is C12H15N3O3. The summed E-state index contributed by atoms with van der Waals surface area (Å²) in [4.78, 5) is 0. The van der Waals surface area contributed by atoms with Gasteiger partial charge < -0.3 is 19.1 Å². The number of rotatable bonds is 5. The summed E-state index contributed by atoms with van der Waals surface area (Å²) in [6, 6.07) is 5.29. The van der Waals surface area contributed by atoms with Crippen molar-refractivity contribution in [2.24, 2.45) is 7.05 Å². The lowest BCUT2D eigenvalue weighted by Gasteiger charge is -2.11. The smallest absolute Gasteiger partial charge is 0.170 e. The summed E-state index contributed by atoms with van der Waals surface area (Å²) < 4.78 is 12.5. The molecule has 0 bridgehead atoms. The van der Waals surface area contributed by atoms with Crippen LogP contribution in [-0.2, 0) is 20.3 Å². The number of methoxy groups -OCH3 is 1. The molecule has 1 aromatic heterocycles. The Morgan fingerprint density at radius 2 is 2.22 bits per heavy atom. The predicted octanol–water partition coefficient (Wildman–Crippen LogP) is 0.895. The van der Waals surface area contributed by atoms with Gasteiger partial charge in [0.05, 0.1) is 13.7 Å². The molecule has 0 atom stereocenters. The average Bonchev–Trinajstić information content (AvgIpc) is 2.81. The van der Waals surface area contributed by atoms with Gasteiger partial charge in [-0.05, 0) is 18.2 Å². The molecule has 0 aliphatic rings. The Bertz CT molecular complexity index is 525. The van der Waals surface area contributed by atoms with Crippen molar-refractivity contribution >= 4 is 0 Å². The molecule has 0 saturated carbocycles. The molecule has 18 heavy (non-hydrogen) atoms. The van der Waals surface area contributed by atoms with Crippen LogP contribution in [0.5, 0.6) is 11.5 Å². The third-order valence-electron chi connectivity index (χ3n) is 2.60. The van der Waals surface area contributed by atoms with Gasteiger partial charge in [0.2, 0.25) is 0 Å². The molecule has 0 amide bonds. The number of hydrogen-bond acceptors (Lipinski definition) is 5. The maximum atomic E-state index is 9.28. The molecule has 0 aliphatic heterocycles. The molecule has 6 heteroatoms. The topological polar surface area (TPSA) is 69.4 Å². The number of aliphatic hydroxyl groups is 1. The Balaban J connectivity index is 2.11. The molecule has 0 unspecified atom stereocenters. The third-order valence-corrected chi connectivity index (χ3v) is 2.60. The molecule has 1 heterocycles. The van der Waals surface area contributed by atoms with E-state index in [2.05, 4.69) is 10.2 Å². The van der Waals surface area contributed by atoms with Crippen LogP contribution in [0.15, 0.2) is 24.5 Å². The van der Waals surface area contributed by atoms with Gasteiger partial charge in [-0.25, -0.2) is 0 Å². The molecule has 1 N–H and O–H groups in total. The minimum atomic E-state index is -0.106. The molecule has 1 aromatic carbocycles. The second-order valence-electron chi connectivity index (χ2n) is 3.78. The quantitative estimate of drug-likeness (QED) is 0.852. The first-order chi connectivity index (χ1) is 8.74. The second-order valence-corrected chi connectivity index (χ2v) is 3.78. The zero-order chi connectivity index (χ0) is 13.0. The molecular weight excluding hydrogens is 234 g/mol. The van der Waals surface area contributed by atoms with Crippen molar-refractivity contribution in [2.45, 2.75) is 13.2 Å². The van der Waals surface area contributed by atoms with Gasteiger partial charge in [-0.2, -0.15) is 0 Å². The fourth-order valence-corrected chi connectivity index (χ4v) is 1.53. The van der Waals surface area contributed by atoms with Crippen LogP contribution >= 0.6 is 0 Å². The maximum absolute atomic E-state index is 9.28. The van der Waals surface area contributed by atoms with Crippen molar-refractivity contribution in [1.82, 2.24) is 14.8 Å². The van der Waals surface area contributed by atoms with Gasteiger partial charge in [-0.15, -0.1) is 10.2 Å². The van der Waals surface area contributed by atoms with E-state index in [-0.39, 0.29) is 6.61 Å². The fourth-order valence-electron chi connectivity index (χ4n) is 1.53. The lowest BCUT2D eigenvalue weighted by atomic mass is 10.2. The van der Waals surface area contributed by atoms with Crippen LogP contribution in [0, 0.1) is 0 Å². The van der Waals surface area contributed by atoms with E-state index >= 15 is 0 Å². The molecule has 0 fully saturated rings. The lowest BCUT2D eigenvalue weighted by Crippen LogP contribution is -2.04. The minimum Gasteiger partial charge on any atom is -0.497 e. The largest absolute Gasteiger partial charge is 0.497 e. The van der Waals surface area contributed by atoms with E-state index in [1.54, 1.807) is 36.2 Å². The van der Waals surface area contributed by atoms with Gasteiger partial charge in [-0.3, -0.25) is 0 Å². The summed E-state index contributed by atoms with van der Waals surface area (Å²) in [5.74, 6) is 2.01. The molecule has 96 valence electrons. The summed E-state index contributed by atoms with van der Waals surface area (Å²) in [7, 11) is 3.43. The van der Waals surface area contributed by atoms with Gasteiger partial charge in [0, 0.05) is 12.6 Å². The minimum absolute atomic E-state index is 0.106. The first kappa shape index (κ1) is 12.4. The van der Waals surface area contributed by atoms with E-state index in [9.17, 15) is 5.11 Å². The Kier molecular flexibility index (Phi) is 3.78. The number of aryl methyl sites for hydroxylation is 1. The molecule has 6 nitrogen and oxygen atoms in total. The van der Waals surface area contributed by atoms with Crippen LogP contribution in [0.1, 0.15) is 11.4 Å². The lowest BCUT2D eigenvalue weighted by molar-refractivity contribution is 0.253. The summed E-state index contributed by atoms with van der Waals surface area (Å²) in [5.41, 5.74) is 0.677. The van der Waals surface area contributed by atoms with E-state index in [0.29, 0.717) is 23.7 Å². The molecule has 0 spiro atoms. The van der Waals surface area contributed by atoms with Crippen LogP contribution < -0.4 is 9.47 Å². The average molecular weight is 249 g/mol. The maximum Gasteiger partial charge on any atom is 0.170 e. The SMILES string of the molecule is COc1ccc(OCc2nncn2C)c(CO)c1. The second kappa shape index (κ2) is 5.50. The summed E-state index contributed by atoms with van der Waals surface area (Å²) in [6.07, 6.45) is 1.61. The van der Waals surface area contributed by atoms with Crippen molar-refractivity contribution in [3.8, 4) is 11.5 Å². The van der Waals surface area contributed by atoms with E-state index < -0.39 is 0 Å². The first-order valence-corrected chi connectivity index (χ1v) is 5.48. The number of nitrogens with zero attached hydrogens (tertiary/aromatic N) is 3. The number of aromatic nitrogens is 3. The Hall–Kier alpha value is -2.08. The standard InChI is InChI=1S/C12H15N3O3/c1-15-8-13-14-12(15)7-18-11-4-3-10(17-2)5-9(11)6-16/h3-5,8,16H,6-7H2,1-2H3. The van der Waals surface area contributed by atoms with E-state index in [0.717, 1.165) is 5.82 Å². The predicted molar refractivity (Wildman–Crippen MR) is 64.3 cm³/mol. The van der Waals surface area contributed by atoms with Gasteiger partial charge in [0.15, 0.2) is 5.82 Å². The highest BCUT2D eigenvalue weighted by Crippen LogP contribution is 2.24. The summed E-state index contributed by atoms with van der Waals surface area (Å²) in [5, 5.41) is 17.0. The van der Waals surface area contributed by atoms with Crippen LogP contribution in [0.2, 0.25) is 0 Å². The summed E-state index contributed by atoms with van der Waals surface area (Å²) in [6.45, 7) is 0.196. The normalized spacial score (nSPS) is 10.4. The van der Waals surface area contributed by atoms with Crippen molar-refractivity contribution in [3.63, 3.8) is 0 Å². The molecule has 0 saturated heterocycles. The van der Waals surface area contributed by atoms with Crippen molar-refractivity contribution in [1.29, 1.82) is 0 Å². The van der Waals surface area contributed by atoms with Gasteiger partial charge in [-0.1, -0.05) is 0 Å². The fraction of sp³-hybridized carbons (Fsp3) is 0.333. The number of hydrogen-bond donors (Lipinski definition) is 1. The zero-order valence-electron chi connectivity index (χ0n) is 10.3. The molecule has 2 rings (SSSR count). The Labute approximate surface area is 105 Å². The highest BCUT2D eigenvalue weighted by Gasteiger charge is 2.07. The van der Waals surface area contributed by atoms with Crippen LogP contribution in [-0.4, -0.2) is 27.0 Å². The van der Waals surface area contributed by atoms with Crippen LogP contribution in [0.3, 0.4) is 0 Å². The Morgan fingerprint density at radius 3 is 2.83 bits per heavy atom. The van der Waals surface area contributed by atoms with Crippen LogP contribution in [0.4, 0.5) is 0 Å². The number of benzene rings is 1. The van der Waals surface area contributed by atoms with E-state index in [4.69, 9.17) is 9.47 Å². The molecule has 2 aromatic rings. The number of aliphatic hydroxyl groups excluding tert-OH is 1. The molecule has 0 aliphatic carbocycles. The highest BCUT2D eigenvalue weighted by molar-refractivity contribution is 5.39. The van der Waals surface area contributed by atoms with Gasteiger partial charge in [0.1, 0.15) is 24.4 Å². The zero-order valence-corrected chi connectivity index (χ0v) is 10.3. The van der Waals surface area contributed by atoms with E-state index in [1.165, 1.54) is 0 Å². The third kappa shape index (κ3) is 2.60. The first-order valence-electron chi connectivity index (χ1n) is 5.48. The van der Waals surface area contributed by atoms with Crippen molar-refractivity contribution in [3.05, 3.63) is 35.9 Å². The summed E-state index contributed by atoms with van der Waals surface area (Å²) >= 11 is 0. The number of ether oxygens (including phenoxy) is 2. The van der Waals surface area contributed by atoms with Gasteiger partial charge in [0.25, 0.3) is 0 Å². The Morgan fingerprint density at radius 1 is 1.39 bits per heavy atom. The van der Waals surface area contributed by atoms with Crippen molar-refractivity contribution < 1.29 is 14.6 Å². The monoisotopic (exact) mass is 249 g/mol. The molecule has 0 radical (unpaired) electrons. The van der Waals surface area contributed by atoms with Crippen molar-refractivity contribution in [2.75, 3.05) is 7.11 Å². The van der Waals surface area contributed by atoms with Gasteiger partial charge >= 0.3 is 0 Å². The van der Waals surface area contributed by atoms with E-state index in [1.807, 2.05) is 7.05 Å². The highest BCUT2D eigenvalue weighted by atomic mass is 16.5. The van der Waals surface area contributed by atoms with Crippen LogP contribution in [0.25, 0.3) is 0 Å².